The number of rotatable bonds is 1. The summed E-state index contributed by atoms with van der Waals surface area (Å²) >= 11 is 0. The van der Waals surface area contributed by atoms with Crippen LogP contribution in [0.2, 0.25) is 0 Å². The van der Waals surface area contributed by atoms with Crippen LogP contribution >= 0.6 is 0 Å². The lowest BCUT2D eigenvalue weighted by Gasteiger charge is -2.09. The minimum absolute atomic E-state index is 0.0100. The quantitative estimate of drug-likeness (QED) is 0.823. The number of fused-ring (bicyclic) bond motifs is 1. The third-order valence-electron chi connectivity index (χ3n) is 3.20. The molecular weight excluding hydrogens is 240 g/mol. The Morgan fingerprint density at radius 1 is 1.32 bits per heavy atom. The molecule has 19 heavy (non-hydrogen) atoms. The van der Waals surface area contributed by atoms with E-state index >= 15 is 0 Å². The monoisotopic (exact) mass is 256 g/mol. The maximum atomic E-state index is 11.9. The number of para-hydroxylation sites is 1. The maximum absolute atomic E-state index is 11.9. The summed E-state index contributed by atoms with van der Waals surface area (Å²) in [6.07, 6.45) is 0.461. The van der Waals surface area contributed by atoms with Gasteiger partial charge in [-0.2, -0.15) is 5.10 Å². The van der Waals surface area contributed by atoms with Gasteiger partial charge in [0.2, 0.25) is 5.91 Å². The van der Waals surface area contributed by atoms with Crippen molar-refractivity contribution in [1.82, 2.24) is 9.78 Å². The summed E-state index contributed by atoms with van der Waals surface area (Å²) in [4.78, 5) is 11.9. The molecule has 2 N–H and O–H groups in total. The van der Waals surface area contributed by atoms with Crippen molar-refractivity contribution in [3.05, 3.63) is 36.0 Å². The van der Waals surface area contributed by atoms with Crippen molar-refractivity contribution in [3.63, 3.8) is 0 Å². The summed E-state index contributed by atoms with van der Waals surface area (Å²) in [5.74, 6) is 0.730. The highest BCUT2D eigenvalue weighted by Crippen LogP contribution is 2.31. The SMILES string of the molecule is Cc1nn(-c2ccccc2)c2c1NC(C)CC(=O)N2. The lowest BCUT2D eigenvalue weighted by atomic mass is 10.2. The van der Waals surface area contributed by atoms with E-state index in [1.807, 2.05) is 44.2 Å². The van der Waals surface area contributed by atoms with Gasteiger partial charge in [0.25, 0.3) is 0 Å². The number of hydrogen-bond acceptors (Lipinski definition) is 3. The molecule has 1 aromatic carbocycles. The van der Waals surface area contributed by atoms with Gasteiger partial charge in [-0.3, -0.25) is 4.79 Å². The predicted octanol–water partition coefficient (Wildman–Crippen LogP) is 2.32. The third kappa shape index (κ3) is 2.07. The number of hydrogen-bond donors (Lipinski definition) is 2. The summed E-state index contributed by atoms with van der Waals surface area (Å²) in [6, 6.07) is 9.90. The molecule has 1 aliphatic rings. The van der Waals surface area contributed by atoms with E-state index in [-0.39, 0.29) is 11.9 Å². The van der Waals surface area contributed by atoms with E-state index < -0.39 is 0 Å². The molecule has 1 amide bonds. The summed E-state index contributed by atoms with van der Waals surface area (Å²) in [5, 5.41) is 10.8. The van der Waals surface area contributed by atoms with Gasteiger partial charge in [0, 0.05) is 12.5 Å². The van der Waals surface area contributed by atoms with Crippen LogP contribution in [0.25, 0.3) is 5.69 Å². The molecule has 0 saturated heterocycles. The van der Waals surface area contributed by atoms with Crippen LogP contribution in [0.4, 0.5) is 11.5 Å². The van der Waals surface area contributed by atoms with E-state index in [0.29, 0.717) is 6.42 Å². The molecule has 1 unspecified atom stereocenters. The molecule has 5 nitrogen and oxygen atoms in total. The Bertz CT molecular complexity index is 618. The second kappa shape index (κ2) is 4.42. The molecule has 0 spiro atoms. The Morgan fingerprint density at radius 2 is 2.05 bits per heavy atom. The van der Waals surface area contributed by atoms with Gasteiger partial charge in [0.05, 0.1) is 11.4 Å². The van der Waals surface area contributed by atoms with Crippen LogP contribution in [-0.4, -0.2) is 21.7 Å². The van der Waals surface area contributed by atoms with E-state index in [9.17, 15) is 4.79 Å². The molecule has 3 rings (SSSR count). The number of aryl methyl sites for hydroxylation is 1. The number of anilines is 2. The fourth-order valence-electron chi connectivity index (χ4n) is 2.33. The van der Waals surface area contributed by atoms with Crippen LogP contribution in [-0.2, 0) is 4.79 Å². The van der Waals surface area contributed by atoms with Gasteiger partial charge >= 0.3 is 0 Å². The van der Waals surface area contributed by atoms with E-state index in [4.69, 9.17) is 0 Å². The van der Waals surface area contributed by atoms with E-state index in [1.54, 1.807) is 4.68 Å². The van der Waals surface area contributed by atoms with Gasteiger partial charge in [-0.25, -0.2) is 4.68 Å². The van der Waals surface area contributed by atoms with Crippen LogP contribution in [0.1, 0.15) is 19.0 Å². The van der Waals surface area contributed by atoms with Crippen molar-refractivity contribution in [2.24, 2.45) is 0 Å². The topological polar surface area (TPSA) is 59.0 Å². The van der Waals surface area contributed by atoms with Crippen molar-refractivity contribution >= 4 is 17.4 Å². The molecule has 1 aliphatic heterocycles. The lowest BCUT2D eigenvalue weighted by molar-refractivity contribution is -0.116. The summed E-state index contributed by atoms with van der Waals surface area (Å²) < 4.78 is 1.77. The molecule has 0 radical (unpaired) electrons. The Hall–Kier alpha value is -2.30. The first-order valence-corrected chi connectivity index (χ1v) is 6.36. The predicted molar refractivity (Wildman–Crippen MR) is 74.6 cm³/mol. The normalized spacial score (nSPS) is 18.2. The molecule has 5 heteroatoms. The summed E-state index contributed by atoms with van der Waals surface area (Å²) in [6.45, 7) is 3.93. The summed E-state index contributed by atoms with van der Waals surface area (Å²) in [7, 11) is 0. The van der Waals surface area contributed by atoms with Crippen molar-refractivity contribution in [2.45, 2.75) is 26.3 Å². The Balaban J connectivity index is 2.14. The Kier molecular flexibility index (Phi) is 2.74. The average Bonchev–Trinajstić information content (AvgIpc) is 2.59. The van der Waals surface area contributed by atoms with Gasteiger partial charge < -0.3 is 10.6 Å². The van der Waals surface area contributed by atoms with Crippen LogP contribution in [0.3, 0.4) is 0 Å². The number of amides is 1. The van der Waals surface area contributed by atoms with Gasteiger partial charge in [0.1, 0.15) is 5.69 Å². The molecule has 1 aromatic heterocycles. The van der Waals surface area contributed by atoms with Gasteiger partial charge in [0.15, 0.2) is 5.82 Å². The number of carbonyl (C=O) groups is 1. The number of nitrogens with one attached hydrogen (secondary N) is 2. The number of carbonyl (C=O) groups excluding carboxylic acids is 1. The van der Waals surface area contributed by atoms with Crippen LogP contribution in [0.5, 0.6) is 0 Å². The zero-order valence-electron chi connectivity index (χ0n) is 11.0. The zero-order chi connectivity index (χ0) is 13.4. The standard InChI is InChI=1S/C14H16N4O/c1-9-8-12(19)16-14-13(15-9)10(2)17-18(14)11-6-4-3-5-7-11/h3-7,9,15H,8H2,1-2H3,(H,16,19). The molecule has 0 saturated carbocycles. The van der Waals surface area contributed by atoms with Crippen LogP contribution in [0.15, 0.2) is 30.3 Å². The smallest absolute Gasteiger partial charge is 0.227 e. The van der Waals surface area contributed by atoms with Gasteiger partial charge in [-0.05, 0) is 26.0 Å². The van der Waals surface area contributed by atoms with Gasteiger partial charge in [-0.1, -0.05) is 18.2 Å². The average molecular weight is 256 g/mol. The fourth-order valence-corrected chi connectivity index (χ4v) is 2.33. The Labute approximate surface area is 111 Å². The number of benzene rings is 1. The molecule has 0 aliphatic carbocycles. The molecule has 1 atom stereocenters. The van der Waals surface area contributed by atoms with E-state index in [2.05, 4.69) is 15.7 Å². The largest absolute Gasteiger partial charge is 0.378 e. The highest BCUT2D eigenvalue weighted by molar-refractivity contribution is 5.96. The molecule has 2 aromatic rings. The van der Waals surface area contributed by atoms with E-state index in [1.165, 1.54) is 0 Å². The highest BCUT2D eigenvalue weighted by atomic mass is 16.1. The molecule has 98 valence electrons. The zero-order valence-corrected chi connectivity index (χ0v) is 11.0. The van der Waals surface area contributed by atoms with Gasteiger partial charge in [-0.15, -0.1) is 0 Å². The second-order valence-corrected chi connectivity index (χ2v) is 4.85. The van der Waals surface area contributed by atoms with Crippen molar-refractivity contribution in [2.75, 3.05) is 10.6 Å². The Morgan fingerprint density at radius 3 is 2.79 bits per heavy atom. The van der Waals surface area contributed by atoms with Crippen molar-refractivity contribution < 1.29 is 4.79 Å². The first-order chi connectivity index (χ1) is 9.15. The third-order valence-corrected chi connectivity index (χ3v) is 3.20. The maximum Gasteiger partial charge on any atom is 0.227 e. The molecule has 2 heterocycles. The van der Waals surface area contributed by atoms with E-state index in [0.717, 1.165) is 22.9 Å². The summed E-state index contributed by atoms with van der Waals surface area (Å²) in [5.41, 5.74) is 2.72. The molecule has 0 fully saturated rings. The first kappa shape index (κ1) is 11.8. The van der Waals surface area contributed by atoms with Crippen LogP contribution < -0.4 is 10.6 Å². The minimum Gasteiger partial charge on any atom is -0.378 e. The fraction of sp³-hybridized carbons (Fsp3) is 0.286. The lowest BCUT2D eigenvalue weighted by Crippen LogP contribution is -2.20. The van der Waals surface area contributed by atoms with Crippen molar-refractivity contribution in [1.29, 1.82) is 0 Å². The molecule has 0 bridgehead atoms. The highest BCUT2D eigenvalue weighted by Gasteiger charge is 2.24. The first-order valence-electron chi connectivity index (χ1n) is 6.36. The number of aromatic nitrogens is 2. The van der Waals surface area contributed by atoms with Crippen molar-refractivity contribution in [3.8, 4) is 5.69 Å². The minimum atomic E-state index is 0.0100. The number of nitrogens with zero attached hydrogens (tertiary/aromatic N) is 2. The molecular formula is C14H16N4O. The van der Waals surface area contributed by atoms with Crippen LogP contribution in [0, 0.1) is 6.92 Å². The second-order valence-electron chi connectivity index (χ2n) is 4.85.